The normalized spacial score (nSPS) is 11.8. The standard InChI is InChI=1S/C17H16FNO3S2/c1-3-11-9-12(20)7-8-14(11)19-24(21,22)17-10(2)16-13(18)5-4-6-15(16)23-17/h4-9,19-20H,3H2,1-2H3. The Morgan fingerprint density at radius 3 is 2.67 bits per heavy atom. The minimum absolute atomic E-state index is 0.0786. The van der Waals surface area contributed by atoms with E-state index in [4.69, 9.17) is 0 Å². The average molecular weight is 365 g/mol. The molecule has 3 rings (SSSR count). The molecule has 0 amide bonds. The Labute approximate surface area is 143 Å². The van der Waals surface area contributed by atoms with E-state index < -0.39 is 15.8 Å². The number of thiophene rings is 1. The van der Waals surface area contributed by atoms with Crippen LogP contribution in [0.15, 0.2) is 40.6 Å². The minimum atomic E-state index is -3.85. The Bertz CT molecular complexity index is 1030. The molecule has 2 aromatic carbocycles. The van der Waals surface area contributed by atoms with Gasteiger partial charge in [0.05, 0.1) is 5.69 Å². The molecule has 3 aromatic rings. The fraction of sp³-hybridized carbons (Fsp3) is 0.176. The van der Waals surface area contributed by atoms with Gasteiger partial charge in [-0.25, -0.2) is 12.8 Å². The predicted molar refractivity (Wildman–Crippen MR) is 94.8 cm³/mol. The number of hydrogen-bond donors (Lipinski definition) is 2. The summed E-state index contributed by atoms with van der Waals surface area (Å²) in [5.74, 6) is -0.350. The number of phenols is 1. The summed E-state index contributed by atoms with van der Waals surface area (Å²) < 4.78 is 42.8. The monoisotopic (exact) mass is 365 g/mol. The van der Waals surface area contributed by atoms with Crippen LogP contribution in [0.2, 0.25) is 0 Å². The van der Waals surface area contributed by atoms with Crippen molar-refractivity contribution >= 4 is 37.1 Å². The molecule has 0 spiro atoms. The van der Waals surface area contributed by atoms with Crippen molar-refractivity contribution in [3.8, 4) is 5.75 Å². The van der Waals surface area contributed by atoms with Gasteiger partial charge in [0.25, 0.3) is 10.0 Å². The quantitative estimate of drug-likeness (QED) is 0.673. The second-order valence-corrected chi connectivity index (χ2v) is 8.36. The molecular weight excluding hydrogens is 349 g/mol. The molecule has 126 valence electrons. The Kier molecular flexibility index (Phi) is 4.23. The van der Waals surface area contributed by atoms with E-state index in [9.17, 15) is 17.9 Å². The van der Waals surface area contributed by atoms with Crippen molar-refractivity contribution in [1.29, 1.82) is 0 Å². The van der Waals surface area contributed by atoms with Crippen LogP contribution >= 0.6 is 11.3 Å². The molecule has 0 unspecified atom stereocenters. The van der Waals surface area contributed by atoms with Gasteiger partial charge in [-0.2, -0.15) is 0 Å². The number of fused-ring (bicyclic) bond motifs is 1. The summed E-state index contributed by atoms with van der Waals surface area (Å²) in [4.78, 5) is 0. The van der Waals surface area contributed by atoms with Crippen molar-refractivity contribution in [2.75, 3.05) is 4.72 Å². The third kappa shape index (κ3) is 2.85. The maximum absolute atomic E-state index is 14.0. The van der Waals surface area contributed by atoms with Crippen molar-refractivity contribution < 1.29 is 17.9 Å². The van der Waals surface area contributed by atoms with Crippen molar-refractivity contribution in [1.82, 2.24) is 0 Å². The topological polar surface area (TPSA) is 66.4 Å². The summed E-state index contributed by atoms with van der Waals surface area (Å²) >= 11 is 1.04. The largest absolute Gasteiger partial charge is 0.508 e. The van der Waals surface area contributed by atoms with Gasteiger partial charge in [-0.05, 0) is 54.8 Å². The molecule has 0 aliphatic heterocycles. The van der Waals surface area contributed by atoms with Crippen molar-refractivity contribution in [3.63, 3.8) is 0 Å². The third-order valence-corrected chi connectivity index (χ3v) is 7.06. The van der Waals surface area contributed by atoms with Gasteiger partial charge in [-0.1, -0.05) is 13.0 Å². The number of rotatable bonds is 4. The molecule has 24 heavy (non-hydrogen) atoms. The van der Waals surface area contributed by atoms with Gasteiger partial charge >= 0.3 is 0 Å². The predicted octanol–water partition coefficient (Wildman–Crippen LogP) is 4.42. The first-order valence-corrected chi connectivity index (χ1v) is 9.65. The maximum Gasteiger partial charge on any atom is 0.271 e. The van der Waals surface area contributed by atoms with Crippen LogP contribution in [0.3, 0.4) is 0 Å². The molecule has 7 heteroatoms. The number of aromatic hydroxyl groups is 1. The number of hydrogen-bond acceptors (Lipinski definition) is 4. The zero-order chi connectivity index (χ0) is 17.5. The second kappa shape index (κ2) is 6.07. The van der Waals surface area contributed by atoms with Gasteiger partial charge in [-0.15, -0.1) is 11.3 Å². The van der Waals surface area contributed by atoms with Crippen LogP contribution in [0.5, 0.6) is 5.75 Å². The van der Waals surface area contributed by atoms with Gasteiger partial charge in [0.1, 0.15) is 15.8 Å². The molecule has 2 N–H and O–H groups in total. The smallest absolute Gasteiger partial charge is 0.271 e. The van der Waals surface area contributed by atoms with E-state index in [-0.39, 0.29) is 9.96 Å². The SMILES string of the molecule is CCc1cc(O)ccc1NS(=O)(=O)c1sc2cccc(F)c2c1C. The number of aryl methyl sites for hydroxylation is 2. The van der Waals surface area contributed by atoms with E-state index in [0.29, 0.717) is 33.3 Å². The van der Waals surface area contributed by atoms with Gasteiger partial charge < -0.3 is 5.11 Å². The van der Waals surface area contributed by atoms with Crippen LogP contribution in [-0.4, -0.2) is 13.5 Å². The van der Waals surface area contributed by atoms with Crippen molar-refractivity contribution in [2.45, 2.75) is 24.5 Å². The number of sulfonamides is 1. The van der Waals surface area contributed by atoms with Crippen molar-refractivity contribution in [2.24, 2.45) is 0 Å². The number of phenolic OH excluding ortho intramolecular Hbond substituents is 1. The molecule has 1 aromatic heterocycles. The van der Waals surface area contributed by atoms with Crippen LogP contribution in [0.1, 0.15) is 18.1 Å². The highest BCUT2D eigenvalue weighted by molar-refractivity contribution is 7.94. The fourth-order valence-electron chi connectivity index (χ4n) is 2.65. The molecule has 0 aliphatic carbocycles. The second-order valence-electron chi connectivity index (χ2n) is 5.43. The van der Waals surface area contributed by atoms with Gasteiger partial charge in [0, 0.05) is 10.1 Å². The molecule has 0 bridgehead atoms. The summed E-state index contributed by atoms with van der Waals surface area (Å²) in [5.41, 5.74) is 1.49. The number of nitrogens with one attached hydrogen (secondary N) is 1. The lowest BCUT2D eigenvalue weighted by Gasteiger charge is -2.11. The summed E-state index contributed by atoms with van der Waals surface area (Å²) in [5, 5.41) is 9.87. The van der Waals surface area contributed by atoms with Crippen LogP contribution in [-0.2, 0) is 16.4 Å². The number of anilines is 1. The van der Waals surface area contributed by atoms with Crippen LogP contribution in [0, 0.1) is 12.7 Å². The summed E-state index contributed by atoms with van der Waals surface area (Å²) in [6.45, 7) is 3.47. The van der Waals surface area contributed by atoms with E-state index >= 15 is 0 Å². The maximum atomic E-state index is 14.0. The fourth-order valence-corrected chi connectivity index (χ4v) is 5.53. The highest BCUT2D eigenvalue weighted by Gasteiger charge is 2.24. The zero-order valence-corrected chi connectivity index (χ0v) is 14.8. The molecule has 0 saturated heterocycles. The van der Waals surface area contributed by atoms with Crippen LogP contribution in [0.25, 0.3) is 10.1 Å². The zero-order valence-electron chi connectivity index (χ0n) is 13.1. The summed E-state index contributed by atoms with van der Waals surface area (Å²) in [7, 11) is -3.85. The molecular formula is C17H16FNO3S2. The minimum Gasteiger partial charge on any atom is -0.508 e. The van der Waals surface area contributed by atoms with Gasteiger partial charge in [0.2, 0.25) is 0 Å². The van der Waals surface area contributed by atoms with E-state index in [1.165, 1.54) is 24.3 Å². The van der Waals surface area contributed by atoms with Gasteiger partial charge in [0.15, 0.2) is 0 Å². The van der Waals surface area contributed by atoms with Gasteiger partial charge in [-0.3, -0.25) is 4.72 Å². The van der Waals surface area contributed by atoms with E-state index in [2.05, 4.69) is 4.72 Å². The lowest BCUT2D eigenvalue weighted by molar-refractivity contribution is 0.474. The van der Waals surface area contributed by atoms with E-state index in [1.807, 2.05) is 6.92 Å². The number of benzene rings is 2. The Hall–Kier alpha value is -2.12. The van der Waals surface area contributed by atoms with E-state index in [0.717, 1.165) is 11.3 Å². The third-order valence-electron chi connectivity index (χ3n) is 3.82. The Balaban J connectivity index is 2.09. The highest BCUT2D eigenvalue weighted by Crippen LogP contribution is 2.36. The Morgan fingerprint density at radius 2 is 2.00 bits per heavy atom. The summed E-state index contributed by atoms with van der Waals surface area (Å²) in [6, 6.07) is 9.06. The lowest BCUT2D eigenvalue weighted by Crippen LogP contribution is -2.13. The average Bonchev–Trinajstić information content (AvgIpc) is 2.88. The molecule has 4 nitrogen and oxygen atoms in total. The first-order chi connectivity index (χ1) is 11.3. The number of halogens is 1. The van der Waals surface area contributed by atoms with Crippen molar-refractivity contribution in [3.05, 3.63) is 53.3 Å². The van der Waals surface area contributed by atoms with Crippen LogP contribution < -0.4 is 4.72 Å². The molecule has 1 heterocycles. The van der Waals surface area contributed by atoms with E-state index in [1.54, 1.807) is 19.1 Å². The molecule has 0 atom stereocenters. The lowest BCUT2D eigenvalue weighted by atomic mass is 10.1. The first-order valence-electron chi connectivity index (χ1n) is 7.36. The molecule has 0 saturated carbocycles. The highest BCUT2D eigenvalue weighted by atomic mass is 32.2. The molecule has 0 radical (unpaired) electrons. The first kappa shape index (κ1) is 16.7. The molecule has 0 fully saturated rings. The molecule has 0 aliphatic rings. The summed E-state index contributed by atoms with van der Waals surface area (Å²) in [6.07, 6.45) is 0.562. The van der Waals surface area contributed by atoms with Crippen LogP contribution in [0.4, 0.5) is 10.1 Å². The Morgan fingerprint density at radius 1 is 1.25 bits per heavy atom.